The highest BCUT2D eigenvalue weighted by Crippen LogP contribution is 2.41. The fraction of sp³-hybridized carbons (Fsp3) is 0.526. The molecule has 2 N–H and O–H groups in total. The second-order valence-corrected chi connectivity index (χ2v) is 7.42. The van der Waals surface area contributed by atoms with E-state index in [2.05, 4.69) is 10.6 Å². The molecule has 1 saturated carbocycles. The van der Waals surface area contributed by atoms with Crippen molar-refractivity contribution >= 4 is 29.3 Å². The van der Waals surface area contributed by atoms with Gasteiger partial charge in [-0.2, -0.15) is 0 Å². The minimum Gasteiger partial charge on any atom is -0.350 e. The van der Waals surface area contributed by atoms with Gasteiger partial charge in [-0.15, -0.1) is 11.6 Å². The molecule has 1 saturated heterocycles. The first-order valence-corrected chi connectivity index (χ1v) is 9.49. The molecule has 0 bridgehead atoms. The highest BCUT2D eigenvalue weighted by molar-refractivity contribution is 6.27. The fourth-order valence-electron chi connectivity index (χ4n) is 3.51. The molecule has 7 heteroatoms. The number of rotatable bonds is 6. The molecule has 2 aliphatic rings. The summed E-state index contributed by atoms with van der Waals surface area (Å²) in [4.78, 5) is 38.0. The van der Waals surface area contributed by atoms with Crippen LogP contribution in [0.3, 0.4) is 0 Å². The lowest BCUT2D eigenvalue weighted by molar-refractivity contribution is -0.129. The van der Waals surface area contributed by atoms with E-state index in [1.807, 2.05) is 19.1 Å². The Hall–Kier alpha value is -2.08. The molecule has 140 valence electrons. The summed E-state index contributed by atoms with van der Waals surface area (Å²) in [6.45, 7) is 3.01. The molecule has 6 nitrogen and oxygen atoms in total. The third-order valence-corrected chi connectivity index (χ3v) is 5.37. The molecule has 0 unspecified atom stereocenters. The second-order valence-electron chi connectivity index (χ2n) is 7.16. The molecule has 3 amide bonds. The summed E-state index contributed by atoms with van der Waals surface area (Å²) in [5, 5.41) is 5.61. The lowest BCUT2D eigenvalue weighted by atomic mass is 9.98. The zero-order valence-corrected chi connectivity index (χ0v) is 15.6. The maximum atomic E-state index is 12.5. The highest BCUT2D eigenvalue weighted by atomic mass is 35.5. The van der Waals surface area contributed by atoms with E-state index in [1.54, 1.807) is 17.0 Å². The average Bonchev–Trinajstić information content (AvgIpc) is 3.40. The first kappa shape index (κ1) is 18.7. The van der Waals surface area contributed by atoms with Crippen molar-refractivity contribution in [3.05, 3.63) is 35.4 Å². The number of likely N-dealkylation sites (tertiary alicyclic amines) is 1. The van der Waals surface area contributed by atoms with E-state index in [-0.39, 0.29) is 42.1 Å². The lowest BCUT2D eigenvalue weighted by Crippen LogP contribution is -2.43. The van der Waals surface area contributed by atoms with Crippen molar-refractivity contribution in [3.8, 4) is 0 Å². The van der Waals surface area contributed by atoms with Gasteiger partial charge in [-0.1, -0.05) is 17.7 Å². The molecule has 1 aromatic rings. The molecule has 1 aliphatic heterocycles. The number of nitrogens with one attached hydrogen (secondary N) is 2. The van der Waals surface area contributed by atoms with Crippen LogP contribution in [0.1, 0.15) is 28.8 Å². The summed E-state index contributed by atoms with van der Waals surface area (Å²) in [6.07, 6.45) is 2.29. The predicted molar refractivity (Wildman–Crippen MR) is 99.0 cm³/mol. The Bertz CT molecular complexity index is 688. The topological polar surface area (TPSA) is 78.5 Å². The minimum absolute atomic E-state index is 0.0414. The number of hydrogen-bond donors (Lipinski definition) is 2. The summed E-state index contributed by atoms with van der Waals surface area (Å²) < 4.78 is 0. The van der Waals surface area contributed by atoms with Crippen molar-refractivity contribution in [1.82, 2.24) is 15.5 Å². The zero-order chi connectivity index (χ0) is 18.7. The van der Waals surface area contributed by atoms with E-state index in [4.69, 9.17) is 11.6 Å². The Morgan fingerprint density at radius 2 is 1.85 bits per heavy atom. The average molecular weight is 378 g/mol. The number of hydrogen-bond acceptors (Lipinski definition) is 3. The number of nitrogens with zero attached hydrogens (tertiary/aromatic N) is 1. The van der Waals surface area contributed by atoms with Gasteiger partial charge in [0, 0.05) is 24.6 Å². The van der Waals surface area contributed by atoms with Crippen LogP contribution in [-0.4, -0.2) is 54.2 Å². The van der Waals surface area contributed by atoms with Crippen molar-refractivity contribution in [2.45, 2.75) is 25.8 Å². The van der Waals surface area contributed by atoms with Crippen molar-refractivity contribution in [2.24, 2.45) is 11.8 Å². The number of halogens is 1. The largest absolute Gasteiger partial charge is 0.350 e. The number of carbonyl (C=O) groups is 3. The number of benzene rings is 1. The Morgan fingerprint density at radius 1 is 1.15 bits per heavy atom. The van der Waals surface area contributed by atoms with Gasteiger partial charge in [0.15, 0.2) is 0 Å². The maximum Gasteiger partial charge on any atom is 0.251 e. The molecule has 1 aliphatic carbocycles. The molecule has 1 aromatic carbocycles. The van der Waals surface area contributed by atoms with Crippen LogP contribution >= 0.6 is 11.6 Å². The Morgan fingerprint density at radius 3 is 2.46 bits per heavy atom. The van der Waals surface area contributed by atoms with Crippen LogP contribution in [0, 0.1) is 18.8 Å². The van der Waals surface area contributed by atoms with E-state index in [0.717, 1.165) is 18.4 Å². The molecular formula is C19H24ClN3O3. The van der Waals surface area contributed by atoms with Crippen LogP contribution in [0.2, 0.25) is 0 Å². The fourth-order valence-corrected chi connectivity index (χ4v) is 3.58. The Labute approximate surface area is 158 Å². The summed E-state index contributed by atoms with van der Waals surface area (Å²) in [6, 6.07) is 7.16. The van der Waals surface area contributed by atoms with Crippen LogP contribution in [0.4, 0.5) is 0 Å². The van der Waals surface area contributed by atoms with Crippen molar-refractivity contribution in [2.75, 3.05) is 25.5 Å². The summed E-state index contributed by atoms with van der Waals surface area (Å²) in [7, 11) is 0. The van der Waals surface area contributed by atoms with Crippen LogP contribution in [0.5, 0.6) is 0 Å². The van der Waals surface area contributed by atoms with Crippen molar-refractivity contribution in [3.63, 3.8) is 0 Å². The quantitative estimate of drug-likeness (QED) is 0.734. The first-order chi connectivity index (χ1) is 12.5. The predicted octanol–water partition coefficient (Wildman–Crippen LogP) is 1.32. The summed E-state index contributed by atoms with van der Waals surface area (Å²) in [5.41, 5.74) is 1.61. The summed E-state index contributed by atoms with van der Waals surface area (Å²) >= 11 is 5.58. The molecule has 2 fully saturated rings. The van der Waals surface area contributed by atoms with Gasteiger partial charge in [0.2, 0.25) is 11.8 Å². The van der Waals surface area contributed by atoms with E-state index >= 15 is 0 Å². The molecule has 0 spiro atoms. The van der Waals surface area contributed by atoms with Gasteiger partial charge >= 0.3 is 0 Å². The monoisotopic (exact) mass is 377 g/mol. The molecular weight excluding hydrogens is 354 g/mol. The Balaban J connectivity index is 1.53. The Kier molecular flexibility index (Phi) is 5.81. The number of alkyl halides is 1. The highest BCUT2D eigenvalue weighted by Gasteiger charge is 2.44. The molecule has 0 radical (unpaired) electrons. The van der Waals surface area contributed by atoms with Gasteiger partial charge in [-0.05, 0) is 37.8 Å². The van der Waals surface area contributed by atoms with Gasteiger partial charge < -0.3 is 15.5 Å². The van der Waals surface area contributed by atoms with E-state index < -0.39 is 0 Å². The minimum atomic E-state index is -0.261. The number of aryl methyl sites for hydroxylation is 1. The molecule has 2 atom stereocenters. The SMILES string of the molecule is Cc1ccc(C(=O)NCC(=O)N2C[C@@H](NC(=O)CCl)[C@H](C3CC3)C2)cc1. The summed E-state index contributed by atoms with van der Waals surface area (Å²) in [5.74, 6) is 0.176. The second kappa shape index (κ2) is 8.08. The van der Waals surface area contributed by atoms with Crippen LogP contribution in [-0.2, 0) is 9.59 Å². The molecule has 26 heavy (non-hydrogen) atoms. The van der Waals surface area contributed by atoms with Crippen molar-refractivity contribution < 1.29 is 14.4 Å². The third kappa shape index (κ3) is 4.55. The van der Waals surface area contributed by atoms with E-state index in [1.165, 1.54) is 0 Å². The maximum absolute atomic E-state index is 12.5. The van der Waals surface area contributed by atoms with E-state index in [9.17, 15) is 14.4 Å². The first-order valence-electron chi connectivity index (χ1n) is 8.96. The number of amides is 3. The van der Waals surface area contributed by atoms with Crippen molar-refractivity contribution in [1.29, 1.82) is 0 Å². The van der Waals surface area contributed by atoms with Gasteiger partial charge in [0.1, 0.15) is 5.88 Å². The molecule has 3 rings (SSSR count). The van der Waals surface area contributed by atoms with Gasteiger partial charge in [-0.25, -0.2) is 0 Å². The van der Waals surface area contributed by atoms with Gasteiger partial charge in [0.25, 0.3) is 5.91 Å². The lowest BCUT2D eigenvalue weighted by Gasteiger charge is -2.18. The van der Waals surface area contributed by atoms with Gasteiger partial charge in [0.05, 0.1) is 12.6 Å². The molecule has 1 heterocycles. The third-order valence-electron chi connectivity index (χ3n) is 5.13. The number of carbonyl (C=O) groups excluding carboxylic acids is 3. The van der Waals surface area contributed by atoms with Crippen LogP contribution in [0.25, 0.3) is 0 Å². The molecule has 0 aromatic heterocycles. The smallest absolute Gasteiger partial charge is 0.251 e. The van der Waals surface area contributed by atoms with Gasteiger partial charge in [-0.3, -0.25) is 14.4 Å². The standard InChI is InChI=1S/C19H24ClN3O3/c1-12-2-4-14(5-3-12)19(26)21-9-18(25)23-10-15(13-6-7-13)16(11-23)22-17(24)8-20/h2-5,13,15-16H,6-11H2,1H3,(H,21,26)(H,22,24)/t15-,16+/m0/s1. The van der Waals surface area contributed by atoms with Crippen LogP contribution < -0.4 is 10.6 Å². The van der Waals surface area contributed by atoms with E-state index in [0.29, 0.717) is 24.6 Å². The normalized spacial score (nSPS) is 22.2. The zero-order valence-electron chi connectivity index (χ0n) is 14.8. The van der Waals surface area contributed by atoms with Crippen LogP contribution in [0.15, 0.2) is 24.3 Å².